The van der Waals surface area contributed by atoms with Crippen molar-refractivity contribution < 1.29 is 5.11 Å². The van der Waals surface area contributed by atoms with Crippen LogP contribution in [-0.2, 0) is 6.54 Å². The van der Waals surface area contributed by atoms with Crippen LogP contribution in [0.5, 0.6) is 0 Å². The first-order valence-electron chi connectivity index (χ1n) is 7.85. The molecule has 2 rings (SSSR count). The minimum absolute atomic E-state index is 0.333. The molecule has 0 saturated heterocycles. The molecule has 1 heterocycles. The average molecular weight is 264 g/mol. The van der Waals surface area contributed by atoms with Gasteiger partial charge in [0.05, 0.1) is 0 Å². The fraction of sp³-hybridized carbons (Fsp3) is 0.750. The van der Waals surface area contributed by atoms with E-state index in [0.717, 1.165) is 31.8 Å². The van der Waals surface area contributed by atoms with Gasteiger partial charge < -0.3 is 15.0 Å². The molecule has 1 atom stereocenters. The number of hydrogen-bond donors (Lipinski definition) is 2. The summed E-state index contributed by atoms with van der Waals surface area (Å²) >= 11 is 0. The third-order valence-corrected chi connectivity index (χ3v) is 3.97. The fourth-order valence-corrected chi connectivity index (χ4v) is 2.75. The number of rotatable bonds is 10. The summed E-state index contributed by atoms with van der Waals surface area (Å²) in [6.07, 6.45) is 11.8. The second-order valence-corrected chi connectivity index (χ2v) is 5.69. The maximum absolute atomic E-state index is 8.74. The van der Waals surface area contributed by atoms with Gasteiger partial charge in [-0.25, -0.2) is 0 Å². The predicted octanol–water partition coefficient (Wildman–Crippen LogP) is 3.10. The van der Waals surface area contributed by atoms with E-state index in [4.69, 9.17) is 5.11 Å². The number of nitrogens with zero attached hydrogens (tertiary/aromatic N) is 1. The summed E-state index contributed by atoms with van der Waals surface area (Å²) in [6.45, 7) is 4.68. The van der Waals surface area contributed by atoms with E-state index in [1.165, 1.54) is 31.2 Å². The van der Waals surface area contributed by atoms with Gasteiger partial charge in [-0.15, -0.1) is 0 Å². The smallest absolute Gasteiger partial charge is 0.0431 e. The molecule has 1 aromatic heterocycles. The number of aromatic nitrogens is 1. The van der Waals surface area contributed by atoms with Crippen LogP contribution in [-0.4, -0.2) is 22.8 Å². The molecule has 0 spiro atoms. The molecule has 0 amide bonds. The molecular weight excluding hydrogens is 236 g/mol. The van der Waals surface area contributed by atoms with Gasteiger partial charge in [0.25, 0.3) is 0 Å². The highest BCUT2D eigenvalue weighted by Crippen LogP contribution is 2.40. The highest BCUT2D eigenvalue weighted by molar-refractivity contribution is 5.18. The summed E-state index contributed by atoms with van der Waals surface area (Å²) in [7, 11) is 0. The zero-order valence-electron chi connectivity index (χ0n) is 12.1. The maximum atomic E-state index is 8.74. The molecule has 108 valence electrons. The normalized spacial score (nSPS) is 16.7. The van der Waals surface area contributed by atoms with Crippen LogP contribution < -0.4 is 5.32 Å². The molecule has 1 unspecified atom stereocenters. The van der Waals surface area contributed by atoms with E-state index >= 15 is 0 Å². The van der Waals surface area contributed by atoms with E-state index in [-0.39, 0.29) is 0 Å². The van der Waals surface area contributed by atoms with Crippen LogP contribution in [0.3, 0.4) is 0 Å². The van der Waals surface area contributed by atoms with Crippen LogP contribution in [0, 0.1) is 5.92 Å². The molecule has 1 aromatic rings. The molecule has 0 aromatic carbocycles. The van der Waals surface area contributed by atoms with E-state index in [2.05, 4.69) is 35.3 Å². The van der Waals surface area contributed by atoms with Crippen LogP contribution in [0.4, 0.5) is 0 Å². The lowest BCUT2D eigenvalue weighted by atomic mass is 10.1. The van der Waals surface area contributed by atoms with Crippen molar-refractivity contribution in [3.8, 4) is 0 Å². The number of aryl methyl sites for hydroxylation is 1. The summed E-state index contributed by atoms with van der Waals surface area (Å²) in [5.41, 5.74) is 1.46. The van der Waals surface area contributed by atoms with Gasteiger partial charge in [0.1, 0.15) is 0 Å². The highest BCUT2D eigenvalue weighted by atomic mass is 16.2. The van der Waals surface area contributed by atoms with Gasteiger partial charge in [-0.05, 0) is 49.8 Å². The third-order valence-electron chi connectivity index (χ3n) is 3.97. The lowest BCUT2D eigenvalue weighted by molar-refractivity contribution is 0.282. The summed E-state index contributed by atoms with van der Waals surface area (Å²) in [4.78, 5) is 0. The first-order chi connectivity index (χ1) is 9.35. The molecule has 0 aliphatic heterocycles. The summed E-state index contributed by atoms with van der Waals surface area (Å²) < 4.78 is 2.32. The van der Waals surface area contributed by atoms with Crippen molar-refractivity contribution in [2.24, 2.45) is 5.92 Å². The zero-order valence-corrected chi connectivity index (χ0v) is 12.1. The number of aliphatic hydroxyl groups excluding tert-OH is 1. The second-order valence-electron chi connectivity index (χ2n) is 5.69. The van der Waals surface area contributed by atoms with Crippen molar-refractivity contribution in [3.63, 3.8) is 0 Å². The van der Waals surface area contributed by atoms with E-state index in [9.17, 15) is 0 Å². The number of unbranched alkanes of at least 4 members (excludes halogenated alkanes) is 3. The molecular formula is C16H28N2O. The van der Waals surface area contributed by atoms with E-state index in [1.807, 2.05) is 0 Å². The molecule has 1 aliphatic carbocycles. The molecule has 0 bridgehead atoms. The Morgan fingerprint density at radius 2 is 2.11 bits per heavy atom. The Balaban J connectivity index is 1.77. The molecule has 1 saturated carbocycles. The van der Waals surface area contributed by atoms with Crippen molar-refractivity contribution in [1.82, 2.24) is 9.88 Å². The Bertz CT molecular complexity index is 357. The molecule has 1 fully saturated rings. The first kappa shape index (κ1) is 14.6. The molecule has 0 radical (unpaired) electrons. The summed E-state index contributed by atoms with van der Waals surface area (Å²) in [5.74, 6) is 0.861. The fourth-order valence-electron chi connectivity index (χ4n) is 2.75. The summed E-state index contributed by atoms with van der Waals surface area (Å²) in [5, 5.41) is 12.4. The van der Waals surface area contributed by atoms with E-state index in [0.29, 0.717) is 12.6 Å². The van der Waals surface area contributed by atoms with Crippen molar-refractivity contribution >= 4 is 0 Å². The number of aliphatic hydroxyl groups is 1. The van der Waals surface area contributed by atoms with Crippen molar-refractivity contribution in [2.75, 3.05) is 13.2 Å². The van der Waals surface area contributed by atoms with Crippen LogP contribution in [0.25, 0.3) is 0 Å². The molecule has 2 N–H and O–H groups in total. The Kier molecular flexibility index (Phi) is 5.93. The van der Waals surface area contributed by atoms with Gasteiger partial charge in [0.2, 0.25) is 0 Å². The molecule has 1 aliphatic rings. The lowest BCUT2D eigenvalue weighted by Crippen LogP contribution is -2.22. The largest absolute Gasteiger partial charge is 0.396 e. The summed E-state index contributed by atoms with van der Waals surface area (Å²) in [6, 6.07) is 2.85. The third kappa shape index (κ3) is 4.66. The van der Waals surface area contributed by atoms with Crippen molar-refractivity contribution in [3.05, 3.63) is 24.0 Å². The van der Waals surface area contributed by atoms with Crippen molar-refractivity contribution in [1.29, 1.82) is 0 Å². The van der Waals surface area contributed by atoms with Gasteiger partial charge in [-0.1, -0.05) is 19.8 Å². The standard InChI is InChI=1S/C16H28N2O/c1-2-17-16(14-7-8-14)15-9-11-18(13-15)10-5-3-4-6-12-19/h9,11,13-14,16-17,19H,2-8,10,12H2,1H3. The van der Waals surface area contributed by atoms with Crippen LogP contribution in [0.2, 0.25) is 0 Å². The molecule has 3 nitrogen and oxygen atoms in total. The van der Waals surface area contributed by atoms with E-state index < -0.39 is 0 Å². The van der Waals surface area contributed by atoms with E-state index in [1.54, 1.807) is 0 Å². The Labute approximate surface area is 117 Å². The quantitative estimate of drug-likeness (QED) is 0.637. The minimum atomic E-state index is 0.333. The lowest BCUT2D eigenvalue weighted by Gasteiger charge is -2.15. The van der Waals surface area contributed by atoms with Gasteiger partial charge >= 0.3 is 0 Å². The Hall–Kier alpha value is -0.800. The van der Waals surface area contributed by atoms with Gasteiger partial charge in [0, 0.05) is 31.6 Å². The monoisotopic (exact) mass is 264 g/mol. The SMILES string of the molecule is CCNC(c1ccn(CCCCCCO)c1)C1CC1. The Morgan fingerprint density at radius 1 is 1.32 bits per heavy atom. The average Bonchev–Trinajstić information content (AvgIpc) is 3.15. The van der Waals surface area contributed by atoms with Crippen LogP contribution in [0.15, 0.2) is 18.5 Å². The van der Waals surface area contributed by atoms with Crippen molar-refractivity contribution in [2.45, 2.75) is 58.0 Å². The van der Waals surface area contributed by atoms with Gasteiger partial charge in [-0.2, -0.15) is 0 Å². The van der Waals surface area contributed by atoms with Crippen LogP contribution in [0.1, 0.15) is 57.1 Å². The van der Waals surface area contributed by atoms with Gasteiger partial charge in [-0.3, -0.25) is 0 Å². The molecule has 3 heteroatoms. The van der Waals surface area contributed by atoms with Gasteiger partial charge in [0.15, 0.2) is 0 Å². The number of nitrogens with one attached hydrogen (secondary N) is 1. The topological polar surface area (TPSA) is 37.2 Å². The minimum Gasteiger partial charge on any atom is -0.396 e. The zero-order chi connectivity index (χ0) is 13.5. The highest BCUT2D eigenvalue weighted by Gasteiger charge is 2.31. The maximum Gasteiger partial charge on any atom is 0.0431 e. The first-order valence-corrected chi connectivity index (χ1v) is 7.85. The number of hydrogen-bond acceptors (Lipinski definition) is 2. The predicted molar refractivity (Wildman–Crippen MR) is 79.1 cm³/mol. The van der Waals surface area contributed by atoms with Crippen LogP contribution >= 0.6 is 0 Å². The Morgan fingerprint density at radius 3 is 2.79 bits per heavy atom. The molecule has 19 heavy (non-hydrogen) atoms. The second kappa shape index (κ2) is 7.71.